The van der Waals surface area contributed by atoms with Gasteiger partial charge in [0, 0.05) is 13.3 Å². The minimum Gasteiger partial charge on any atom is -0.460 e. The first-order chi connectivity index (χ1) is 5.18. The summed E-state index contributed by atoms with van der Waals surface area (Å²) in [5, 5.41) is 2.59. The molecule has 0 aromatic heterocycles. The van der Waals surface area contributed by atoms with Crippen LogP contribution >= 0.6 is 0 Å². The summed E-state index contributed by atoms with van der Waals surface area (Å²) in [5.74, 6) is -0.256. The molecule has 1 unspecified atom stereocenters. The minimum absolute atomic E-state index is 0.0899. The average Bonchev–Trinajstić information content (AvgIpc) is 2.31. The van der Waals surface area contributed by atoms with Gasteiger partial charge in [-0.1, -0.05) is 0 Å². The third kappa shape index (κ3) is 2.57. The molecule has 1 aliphatic heterocycles. The Morgan fingerprint density at radius 1 is 1.82 bits per heavy atom. The number of carbonyl (C=O) groups excluding carboxylic acids is 2. The summed E-state index contributed by atoms with van der Waals surface area (Å²) >= 11 is 0. The average molecular weight is 157 g/mol. The van der Waals surface area contributed by atoms with Gasteiger partial charge in [0.1, 0.15) is 6.10 Å². The van der Waals surface area contributed by atoms with E-state index < -0.39 is 0 Å². The predicted molar refractivity (Wildman–Crippen MR) is 37.8 cm³/mol. The Labute approximate surface area is 64.9 Å². The lowest BCUT2D eigenvalue weighted by molar-refractivity contribution is -0.141. The third-order valence-electron chi connectivity index (χ3n) is 1.55. The monoisotopic (exact) mass is 157 g/mol. The zero-order chi connectivity index (χ0) is 8.27. The quantitative estimate of drug-likeness (QED) is 0.566. The highest BCUT2D eigenvalue weighted by molar-refractivity contribution is 5.73. The van der Waals surface area contributed by atoms with Gasteiger partial charge in [0.2, 0.25) is 5.91 Å². The van der Waals surface area contributed by atoms with Gasteiger partial charge >= 0.3 is 5.97 Å². The van der Waals surface area contributed by atoms with Gasteiger partial charge in [-0.2, -0.15) is 0 Å². The molecule has 1 N–H and O–H groups in total. The Morgan fingerprint density at radius 3 is 3.00 bits per heavy atom. The molecule has 0 radical (unpaired) electrons. The van der Waals surface area contributed by atoms with Crippen molar-refractivity contribution in [1.29, 1.82) is 0 Å². The summed E-state index contributed by atoms with van der Waals surface area (Å²) in [6, 6.07) is 0. The number of esters is 1. The molecule has 1 atom stereocenters. The molecule has 1 amide bonds. The molecular formula is C7H11NO3. The van der Waals surface area contributed by atoms with Gasteiger partial charge in [-0.25, -0.2) is 0 Å². The van der Waals surface area contributed by atoms with E-state index in [4.69, 9.17) is 4.74 Å². The highest BCUT2D eigenvalue weighted by Gasteiger charge is 2.22. The molecule has 0 saturated carbocycles. The van der Waals surface area contributed by atoms with Crippen LogP contribution < -0.4 is 5.32 Å². The van der Waals surface area contributed by atoms with Gasteiger partial charge in [-0.3, -0.25) is 9.59 Å². The maximum atomic E-state index is 10.6. The summed E-state index contributed by atoms with van der Waals surface area (Å²) in [6.07, 6.45) is 1.09. The van der Waals surface area contributed by atoms with E-state index in [-0.39, 0.29) is 18.0 Å². The number of carbonyl (C=O) groups is 2. The van der Waals surface area contributed by atoms with Crippen LogP contribution in [0.25, 0.3) is 0 Å². The van der Waals surface area contributed by atoms with E-state index in [9.17, 15) is 9.59 Å². The normalized spacial score (nSPS) is 23.0. The van der Waals surface area contributed by atoms with E-state index in [0.29, 0.717) is 13.0 Å². The van der Waals surface area contributed by atoms with E-state index in [1.165, 1.54) is 6.92 Å². The SMILES string of the molecule is CC(=O)NCC1CCC(=O)O1. The molecule has 0 aromatic rings. The lowest BCUT2D eigenvalue weighted by Gasteiger charge is -2.08. The second kappa shape index (κ2) is 3.37. The van der Waals surface area contributed by atoms with Gasteiger partial charge in [0.05, 0.1) is 6.54 Å². The van der Waals surface area contributed by atoms with E-state index >= 15 is 0 Å². The van der Waals surface area contributed by atoms with Crippen LogP contribution in [0.15, 0.2) is 0 Å². The molecule has 11 heavy (non-hydrogen) atoms. The standard InChI is InChI=1S/C7H11NO3/c1-5(9)8-4-6-2-3-7(10)11-6/h6H,2-4H2,1H3,(H,8,9). The predicted octanol–water partition coefficient (Wildman–Crippen LogP) is -0.172. The van der Waals surface area contributed by atoms with Gasteiger partial charge in [0.25, 0.3) is 0 Å². The van der Waals surface area contributed by atoms with Crippen molar-refractivity contribution in [2.45, 2.75) is 25.9 Å². The molecule has 4 heteroatoms. The molecule has 1 fully saturated rings. The number of nitrogens with one attached hydrogen (secondary N) is 1. The highest BCUT2D eigenvalue weighted by atomic mass is 16.5. The van der Waals surface area contributed by atoms with Crippen molar-refractivity contribution >= 4 is 11.9 Å². The Balaban J connectivity index is 2.18. The van der Waals surface area contributed by atoms with Crippen molar-refractivity contribution in [3.8, 4) is 0 Å². The van der Waals surface area contributed by atoms with Crippen LogP contribution in [-0.4, -0.2) is 24.5 Å². The van der Waals surface area contributed by atoms with Gasteiger partial charge in [-0.15, -0.1) is 0 Å². The Morgan fingerprint density at radius 2 is 2.55 bits per heavy atom. The van der Waals surface area contributed by atoms with Crippen molar-refractivity contribution in [2.75, 3.05) is 6.54 Å². The number of rotatable bonds is 2. The first-order valence-corrected chi connectivity index (χ1v) is 3.62. The second-order valence-electron chi connectivity index (χ2n) is 2.59. The molecule has 0 bridgehead atoms. The van der Waals surface area contributed by atoms with Crippen molar-refractivity contribution < 1.29 is 14.3 Å². The van der Waals surface area contributed by atoms with Gasteiger partial charge < -0.3 is 10.1 Å². The molecule has 1 aliphatic rings. The van der Waals surface area contributed by atoms with Crippen LogP contribution in [0, 0.1) is 0 Å². The van der Waals surface area contributed by atoms with E-state index in [2.05, 4.69) is 5.32 Å². The molecule has 0 aromatic carbocycles. The van der Waals surface area contributed by atoms with E-state index in [1.807, 2.05) is 0 Å². The lowest BCUT2D eigenvalue weighted by atomic mass is 10.2. The summed E-state index contributed by atoms with van der Waals surface area (Å²) in [7, 11) is 0. The molecule has 1 rings (SSSR count). The van der Waals surface area contributed by atoms with E-state index in [1.54, 1.807) is 0 Å². The number of ether oxygens (including phenoxy) is 1. The summed E-state index contributed by atoms with van der Waals surface area (Å²) in [5.41, 5.74) is 0. The largest absolute Gasteiger partial charge is 0.460 e. The fourth-order valence-electron chi connectivity index (χ4n) is 0.984. The van der Waals surface area contributed by atoms with Crippen molar-refractivity contribution in [3.63, 3.8) is 0 Å². The maximum absolute atomic E-state index is 10.6. The van der Waals surface area contributed by atoms with Crippen LogP contribution in [0.4, 0.5) is 0 Å². The van der Waals surface area contributed by atoms with Gasteiger partial charge in [0.15, 0.2) is 0 Å². The Hall–Kier alpha value is -1.06. The van der Waals surface area contributed by atoms with Crippen molar-refractivity contribution in [2.24, 2.45) is 0 Å². The van der Waals surface area contributed by atoms with E-state index in [0.717, 1.165) is 6.42 Å². The minimum atomic E-state index is -0.166. The first-order valence-electron chi connectivity index (χ1n) is 3.62. The smallest absolute Gasteiger partial charge is 0.306 e. The van der Waals surface area contributed by atoms with Crippen LogP contribution in [-0.2, 0) is 14.3 Å². The fraction of sp³-hybridized carbons (Fsp3) is 0.714. The molecule has 0 aliphatic carbocycles. The summed E-state index contributed by atoms with van der Waals surface area (Å²) < 4.78 is 4.86. The highest BCUT2D eigenvalue weighted by Crippen LogP contribution is 2.12. The topological polar surface area (TPSA) is 55.4 Å². The van der Waals surface area contributed by atoms with Crippen LogP contribution in [0.3, 0.4) is 0 Å². The number of amides is 1. The fourth-order valence-corrected chi connectivity index (χ4v) is 0.984. The van der Waals surface area contributed by atoms with Crippen molar-refractivity contribution in [1.82, 2.24) is 5.32 Å². The zero-order valence-corrected chi connectivity index (χ0v) is 6.42. The Kier molecular flexibility index (Phi) is 2.46. The Bertz CT molecular complexity index is 179. The number of hydrogen-bond acceptors (Lipinski definition) is 3. The summed E-state index contributed by atoms with van der Waals surface area (Å²) in [4.78, 5) is 21.0. The number of hydrogen-bond donors (Lipinski definition) is 1. The lowest BCUT2D eigenvalue weighted by Crippen LogP contribution is -2.30. The molecule has 1 heterocycles. The molecule has 4 nitrogen and oxygen atoms in total. The van der Waals surface area contributed by atoms with Crippen LogP contribution in [0.5, 0.6) is 0 Å². The molecule has 62 valence electrons. The zero-order valence-electron chi connectivity index (χ0n) is 6.42. The van der Waals surface area contributed by atoms with Gasteiger partial charge in [-0.05, 0) is 6.42 Å². The molecule has 0 spiro atoms. The van der Waals surface area contributed by atoms with Crippen LogP contribution in [0.2, 0.25) is 0 Å². The number of cyclic esters (lactones) is 1. The second-order valence-corrected chi connectivity index (χ2v) is 2.59. The maximum Gasteiger partial charge on any atom is 0.306 e. The van der Waals surface area contributed by atoms with Crippen molar-refractivity contribution in [3.05, 3.63) is 0 Å². The summed E-state index contributed by atoms with van der Waals surface area (Å²) in [6.45, 7) is 1.89. The molecule has 1 saturated heterocycles. The molecular weight excluding hydrogens is 146 g/mol. The third-order valence-corrected chi connectivity index (χ3v) is 1.55. The first kappa shape index (κ1) is 8.04. The van der Waals surface area contributed by atoms with Crippen LogP contribution in [0.1, 0.15) is 19.8 Å².